The number of pyridine rings is 1. The van der Waals surface area contributed by atoms with Crippen LogP contribution in [0.25, 0.3) is 0 Å². The average Bonchev–Trinajstić information content (AvgIpc) is 3.18. The molecule has 1 fully saturated rings. The number of nitrogens with one attached hydrogen (secondary N) is 1. The molecule has 2 atom stereocenters. The second-order valence-corrected chi connectivity index (χ2v) is 5.96. The van der Waals surface area contributed by atoms with Crippen molar-refractivity contribution in [1.29, 1.82) is 0 Å². The summed E-state index contributed by atoms with van der Waals surface area (Å²) in [6.07, 6.45) is 6.18. The average molecular weight is 315 g/mol. The quantitative estimate of drug-likeness (QED) is 0.936. The number of anilines is 1. The van der Waals surface area contributed by atoms with Crippen LogP contribution in [0.2, 0.25) is 0 Å². The van der Waals surface area contributed by atoms with Crippen LogP contribution in [0.15, 0.2) is 41.4 Å². The van der Waals surface area contributed by atoms with E-state index in [2.05, 4.69) is 33.5 Å². The van der Waals surface area contributed by atoms with Crippen molar-refractivity contribution in [1.82, 2.24) is 19.9 Å². The third-order valence-electron chi connectivity index (χ3n) is 4.33. The van der Waals surface area contributed by atoms with E-state index in [1.165, 1.54) is 11.8 Å². The zero-order valence-electron chi connectivity index (χ0n) is 13.3. The van der Waals surface area contributed by atoms with Gasteiger partial charge in [0.1, 0.15) is 6.26 Å². The third-order valence-corrected chi connectivity index (χ3v) is 4.33. The fourth-order valence-corrected chi connectivity index (χ4v) is 3.21. The minimum atomic E-state index is -0.182. The second-order valence-electron chi connectivity index (χ2n) is 5.96. The molecule has 0 bridgehead atoms. The molecule has 1 aliphatic heterocycles. The molecule has 0 saturated carbocycles. The number of carbonyl (C=O) groups excluding carboxylic acids is 1. The Kier molecular flexibility index (Phi) is 4.57. The molecule has 0 spiro atoms. The van der Waals surface area contributed by atoms with Crippen molar-refractivity contribution in [2.75, 3.05) is 32.5 Å². The van der Waals surface area contributed by atoms with Crippen LogP contribution in [0, 0.1) is 5.92 Å². The van der Waals surface area contributed by atoms with E-state index >= 15 is 0 Å². The summed E-state index contributed by atoms with van der Waals surface area (Å²) in [6, 6.07) is 5.78. The number of urea groups is 1. The maximum absolute atomic E-state index is 12.2. The maximum atomic E-state index is 12.2. The van der Waals surface area contributed by atoms with Gasteiger partial charge in [0, 0.05) is 38.1 Å². The molecule has 122 valence electrons. The Morgan fingerprint density at radius 2 is 2.39 bits per heavy atom. The highest BCUT2D eigenvalue weighted by molar-refractivity contribution is 5.87. The molecule has 0 radical (unpaired) electrons. The molecular formula is C16H21N5O2. The van der Waals surface area contributed by atoms with Gasteiger partial charge in [-0.25, -0.2) is 4.79 Å². The standard InChI is InChI=1S/C16H21N5O2/c1-20-8-5-13(15(20)12-4-3-7-17-10-12)11-21(2)16(22)18-14-6-9-23-19-14/h3-4,6-7,9-10,13,15H,5,8,11H2,1-2H3,(H,18,19,22)/t13-,15-/m0/s1. The SMILES string of the molecule is CN(C[C@@H]1CCN(C)[C@H]1c1cccnc1)C(=O)Nc1ccon1. The summed E-state index contributed by atoms with van der Waals surface area (Å²) >= 11 is 0. The molecule has 0 aromatic carbocycles. The first-order chi connectivity index (χ1) is 11.1. The Hall–Kier alpha value is -2.41. The molecule has 23 heavy (non-hydrogen) atoms. The van der Waals surface area contributed by atoms with Gasteiger partial charge in [0.25, 0.3) is 0 Å². The minimum absolute atomic E-state index is 0.182. The number of aromatic nitrogens is 2. The van der Waals surface area contributed by atoms with Gasteiger partial charge >= 0.3 is 6.03 Å². The number of hydrogen-bond acceptors (Lipinski definition) is 5. The lowest BCUT2D eigenvalue weighted by Gasteiger charge is -2.28. The van der Waals surface area contributed by atoms with Crippen molar-refractivity contribution in [3.63, 3.8) is 0 Å². The molecule has 2 aromatic rings. The van der Waals surface area contributed by atoms with E-state index < -0.39 is 0 Å². The van der Waals surface area contributed by atoms with Crippen LogP contribution < -0.4 is 5.32 Å². The van der Waals surface area contributed by atoms with E-state index in [0.29, 0.717) is 18.3 Å². The maximum Gasteiger partial charge on any atom is 0.322 e. The lowest BCUT2D eigenvalue weighted by Crippen LogP contribution is -2.37. The molecule has 3 rings (SSSR count). The van der Waals surface area contributed by atoms with E-state index in [-0.39, 0.29) is 12.1 Å². The highest BCUT2D eigenvalue weighted by Crippen LogP contribution is 2.36. The summed E-state index contributed by atoms with van der Waals surface area (Å²) in [6.45, 7) is 1.69. The van der Waals surface area contributed by atoms with Crippen LogP contribution in [0.4, 0.5) is 10.6 Å². The first-order valence-corrected chi connectivity index (χ1v) is 7.68. The number of amides is 2. The Balaban J connectivity index is 1.65. The highest BCUT2D eigenvalue weighted by Gasteiger charge is 2.34. The number of hydrogen-bond donors (Lipinski definition) is 1. The molecular weight excluding hydrogens is 294 g/mol. The Morgan fingerprint density at radius 3 is 3.09 bits per heavy atom. The number of rotatable bonds is 4. The van der Waals surface area contributed by atoms with Crippen LogP contribution in [-0.2, 0) is 0 Å². The van der Waals surface area contributed by atoms with Gasteiger partial charge in [-0.3, -0.25) is 15.2 Å². The predicted molar refractivity (Wildman–Crippen MR) is 85.9 cm³/mol. The van der Waals surface area contributed by atoms with Crippen molar-refractivity contribution in [3.8, 4) is 0 Å². The summed E-state index contributed by atoms with van der Waals surface area (Å²) in [4.78, 5) is 20.5. The number of carbonyl (C=O) groups is 1. The molecule has 1 aliphatic rings. The van der Waals surface area contributed by atoms with Gasteiger partial charge in [0.15, 0.2) is 5.82 Å². The van der Waals surface area contributed by atoms with Gasteiger partial charge in [-0.1, -0.05) is 11.2 Å². The van der Waals surface area contributed by atoms with Gasteiger partial charge in [0.2, 0.25) is 0 Å². The molecule has 0 unspecified atom stereocenters. The van der Waals surface area contributed by atoms with E-state index in [1.807, 2.05) is 12.3 Å². The first-order valence-electron chi connectivity index (χ1n) is 7.68. The monoisotopic (exact) mass is 315 g/mol. The van der Waals surface area contributed by atoms with Gasteiger partial charge in [-0.2, -0.15) is 0 Å². The summed E-state index contributed by atoms with van der Waals surface area (Å²) in [7, 11) is 3.92. The zero-order valence-corrected chi connectivity index (χ0v) is 13.3. The summed E-state index contributed by atoms with van der Waals surface area (Å²) in [5.41, 5.74) is 1.20. The van der Waals surface area contributed by atoms with Gasteiger partial charge in [-0.05, 0) is 37.6 Å². The topological polar surface area (TPSA) is 74.5 Å². The van der Waals surface area contributed by atoms with E-state index in [9.17, 15) is 4.79 Å². The summed E-state index contributed by atoms with van der Waals surface area (Å²) in [5, 5.41) is 6.41. The van der Waals surface area contributed by atoms with Gasteiger partial charge in [0.05, 0.1) is 0 Å². The molecule has 7 heteroatoms. The second kappa shape index (κ2) is 6.78. The summed E-state index contributed by atoms with van der Waals surface area (Å²) < 4.78 is 4.72. The van der Waals surface area contributed by atoms with E-state index in [4.69, 9.17) is 4.52 Å². The number of likely N-dealkylation sites (tertiary alicyclic amines) is 1. The summed E-state index contributed by atoms with van der Waals surface area (Å²) in [5.74, 6) is 0.798. The Morgan fingerprint density at radius 1 is 1.52 bits per heavy atom. The van der Waals surface area contributed by atoms with Crippen LogP contribution in [0.5, 0.6) is 0 Å². The third kappa shape index (κ3) is 3.50. The van der Waals surface area contributed by atoms with Crippen molar-refractivity contribution in [2.45, 2.75) is 12.5 Å². The molecule has 0 aliphatic carbocycles. The highest BCUT2D eigenvalue weighted by atomic mass is 16.5. The van der Waals surface area contributed by atoms with E-state index in [1.54, 1.807) is 24.2 Å². The Bertz CT molecular complexity index is 631. The largest absolute Gasteiger partial charge is 0.363 e. The van der Waals surface area contributed by atoms with Crippen LogP contribution in [0.3, 0.4) is 0 Å². The minimum Gasteiger partial charge on any atom is -0.363 e. The fraction of sp³-hybridized carbons (Fsp3) is 0.438. The van der Waals surface area contributed by atoms with E-state index in [0.717, 1.165) is 13.0 Å². The first kappa shape index (κ1) is 15.5. The molecule has 3 heterocycles. The van der Waals surface area contributed by atoms with Crippen molar-refractivity contribution in [2.24, 2.45) is 5.92 Å². The van der Waals surface area contributed by atoms with Crippen LogP contribution >= 0.6 is 0 Å². The predicted octanol–water partition coefficient (Wildman–Crippen LogP) is 2.23. The van der Waals surface area contributed by atoms with Crippen molar-refractivity contribution in [3.05, 3.63) is 42.4 Å². The van der Waals surface area contributed by atoms with Crippen LogP contribution in [0.1, 0.15) is 18.0 Å². The lowest BCUT2D eigenvalue weighted by molar-refractivity contribution is 0.200. The van der Waals surface area contributed by atoms with Gasteiger partial charge < -0.3 is 9.42 Å². The molecule has 1 N–H and O–H groups in total. The normalized spacial score (nSPS) is 21.3. The number of nitrogens with zero attached hydrogens (tertiary/aromatic N) is 4. The molecule has 2 amide bonds. The Labute approximate surface area is 135 Å². The zero-order chi connectivity index (χ0) is 16.2. The fourth-order valence-electron chi connectivity index (χ4n) is 3.21. The molecule has 2 aromatic heterocycles. The van der Waals surface area contributed by atoms with Gasteiger partial charge in [-0.15, -0.1) is 0 Å². The molecule has 7 nitrogen and oxygen atoms in total. The molecule has 1 saturated heterocycles. The lowest BCUT2D eigenvalue weighted by atomic mass is 9.94. The van der Waals surface area contributed by atoms with Crippen molar-refractivity contribution < 1.29 is 9.32 Å². The van der Waals surface area contributed by atoms with Crippen LogP contribution in [-0.4, -0.2) is 53.2 Å². The van der Waals surface area contributed by atoms with Crippen molar-refractivity contribution >= 4 is 11.8 Å². The smallest absolute Gasteiger partial charge is 0.322 e.